The molecule has 0 saturated carbocycles. The van der Waals surface area contributed by atoms with Gasteiger partial charge < -0.3 is 18.9 Å². The summed E-state index contributed by atoms with van der Waals surface area (Å²) in [4.78, 5) is 4.73. The number of aromatic nitrogens is 3. The van der Waals surface area contributed by atoms with Crippen molar-refractivity contribution in [1.82, 2.24) is 19.7 Å². The van der Waals surface area contributed by atoms with Gasteiger partial charge >= 0.3 is 0 Å². The third-order valence-electron chi connectivity index (χ3n) is 4.19. The van der Waals surface area contributed by atoms with Gasteiger partial charge in [0.2, 0.25) is 12.7 Å². The van der Waals surface area contributed by atoms with Crippen molar-refractivity contribution in [2.24, 2.45) is 7.05 Å². The van der Waals surface area contributed by atoms with Crippen molar-refractivity contribution in [3.8, 4) is 11.5 Å². The lowest BCUT2D eigenvalue weighted by molar-refractivity contribution is 0.174. The van der Waals surface area contributed by atoms with E-state index >= 15 is 0 Å². The number of hydrogen-bond donors (Lipinski definition) is 0. The van der Waals surface area contributed by atoms with Gasteiger partial charge in [-0.1, -0.05) is 6.07 Å². The van der Waals surface area contributed by atoms with E-state index in [1.165, 1.54) is 5.56 Å². The lowest BCUT2D eigenvalue weighted by atomic mass is 10.1. The van der Waals surface area contributed by atoms with E-state index in [1.54, 1.807) is 6.33 Å². The van der Waals surface area contributed by atoms with Gasteiger partial charge in [-0.25, -0.2) is 0 Å². The minimum Gasteiger partial charge on any atom is -0.454 e. The molecule has 7 nitrogen and oxygen atoms in total. The van der Waals surface area contributed by atoms with E-state index < -0.39 is 0 Å². The Morgan fingerprint density at radius 1 is 1.09 bits per heavy atom. The Labute approximate surface area is 129 Å². The summed E-state index contributed by atoms with van der Waals surface area (Å²) in [5.41, 5.74) is 1.26. The summed E-state index contributed by atoms with van der Waals surface area (Å²) in [6.45, 7) is 5.23. The molecule has 2 aliphatic heterocycles. The minimum atomic E-state index is 0.329. The van der Waals surface area contributed by atoms with Crippen LogP contribution in [0.25, 0.3) is 0 Å². The van der Waals surface area contributed by atoms with Crippen LogP contribution in [0.5, 0.6) is 11.5 Å². The normalized spacial score (nSPS) is 18.0. The summed E-state index contributed by atoms with van der Waals surface area (Å²) in [5, 5.41) is 8.13. The van der Waals surface area contributed by atoms with Crippen LogP contribution >= 0.6 is 0 Å². The first-order valence-corrected chi connectivity index (χ1v) is 7.49. The maximum absolute atomic E-state index is 5.44. The zero-order valence-electron chi connectivity index (χ0n) is 12.6. The number of benzene rings is 1. The summed E-state index contributed by atoms with van der Waals surface area (Å²) >= 11 is 0. The molecule has 2 aromatic rings. The third kappa shape index (κ3) is 2.48. The highest BCUT2D eigenvalue weighted by molar-refractivity contribution is 5.44. The molecular formula is C15H19N5O2. The molecule has 1 aromatic carbocycles. The monoisotopic (exact) mass is 301 g/mol. The molecular weight excluding hydrogens is 282 g/mol. The quantitative estimate of drug-likeness (QED) is 0.838. The first kappa shape index (κ1) is 13.4. The molecule has 2 aliphatic rings. The fourth-order valence-electron chi connectivity index (χ4n) is 2.97. The molecule has 3 heterocycles. The van der Waals surface area contributed by atoms with Crippen LogP contribution in [0.2, 0.25) is 0 Å². The van der Waals surface area contributed by atoms with Crippen molar-refractivity contribution in [3.63, 3.8) is 0 Å². The molecule has 1 fully saturated rings. The molecule has 4 rings (SSSR count). The Balaban J connectivity index is 1.37. The number of nitrogens with zero attached hydrogens (tertiary/aromatic N) is 5. The number of anilines is 1. The van der Waals surface area contributed by atoms with Gasteiger partial charge in [-0.2, -0.15) is 0 Å². The molecule has 22 heavy (non-hydrogen) atoms. The molecule has 1 aromatic heterocycles. The first-order valence-electron chi connectivity index (χ1n) is 7.49. The van der Waals surface area contributed by atoms with Gasteiger partial charge in [0, 0.05) is 39.8 Å². The van der Waals surface area contributed by atoms with Crippen molar-refractivity contribution in [2.75, 3.05) is 37.9 Å². The Morgan fingerprint density at radius 3 is 2.68 bits per heavy atom. The standard InChI is InChI=1S/C15H19N5O2/c1-18-10-16-17-15(18)20-6-4-19(5-7-20)9-12-2-3-13-14(8-12)22-11-21-13/h2-3,8,10H,4-7,9,11H2,1H3. The van der Waals surface area contributed by atoms with E-state index in [9.17, 15) is 0 Å². The van der Waals surface area contributed by atoms with E-state index in [1.807, 2.05) is 17.7 Å². The number of piperazine rings is 1. The van der Waals surface area contributed by atoms with Gasteiger partial charge in [0.1, 0.15) is 6.33 Å². The number of ether oxygens (including phenoxy) is 2. The van der Waals surface area contributed by atoms with E-state index in [2.05, 4.69) is 32.1 Å². The van der Waals surface area contributed by atoms with Crippen LogP contribution in [0.3, 0.4) is 0 Å². The van der Waals surface area contributed by atoms with E-state index in [4.69, 9.17) is 9.47 Å². The second-order valence-corrected chi connectivity index (χ2v) is 5.69. The second-order valence-electron chi connectivity index (χ2n) is 5.69. The highest BCUT2D eigenvalue weighted by Gasteiger charge is 2.21. The SMILES string of the molecule is Cn1cnnc1N1CCN(Cc2ccc3c(c2)OCO3)CC1. The molecule has 0 aliphatic carbocycles. The van der Waals surface area contributed by atoms with Crippen LogP contribution in [-0.2, 0) is 13.6 Å². The zero-order valence-corrected chi connectivity index (χ0v) is 12.6. The zero-order chi connectivity index (χ0) is 14.9. The highest BCUT2D eigenvalue weighted by Crippen LogP contribution is 2.32. The van der Waals surface area contributed by atoms with Crippen LogP contribution < -0.4 is 14.4 Å². The summed E-state index contributed by atoms with van der Waals surface area (Å²) in [6.07, 6.45) is 1.74. The van der Waals surface area contributed by atoms with Crippen LogP contribution in [0.4, 0.5) is 5.95 Å². The maximum atomic E-state index is 5.44. The molecule has 1 saturated heterocycles. The number of fused-ring (bicyclic) bond motifs is 1. The van der Waals surface area contributed by atoms with Crippen molar-refractivity contribution in [1.29, 1.82) is 0 Å². The molecule has 0 spiro atoms. The maximum Gasteiger partial charge on any atom is 0.231 e. The van der Waals surface area contributed by atoms with Crippen LogP contribution in [-0.4, -0.2) is 52.6 Å². The smallest absolute Gasteiger partial charge is 0.231 e. The van der Waals surface area contributed by atoms with Gasteiger partial charge in [0.15, 0.2) is 11.5 Å². The van der Waals surface area contributed by atoms with E-state index in [-0.39, 0.29) is 0 Å². The first-order chi connectivity index (χ1) is 10.8. The predicted octanol–water partition coefficient (Wildman–Crippen LogP) is 0.866. The number of rotatable bonds is 3. The molecule has 7 heteroatoms. The average Bonchev–Trinajstić information content (AvgIpc) is 3.16. The second kappa shape index (κ2) is 5.49. The lowest BCUT2D eigenvalue weighted by Gasteiger charge is -2.34. The fraction of sp³-hybridized carbons (Fsp3) is 0.467. The Kier molecular flexibility index (Phi) is 3.34. The van der Waals surface area contributed by atoms with Gasteiger partial charge in [-0.3, -0.25) is 4.90 Å². The van der Waals surface area contributed by atoms with Crippen LogP contribution in [0.1, 0.15) is 5.56 Å². The minimum absolute atomic E-state index is 0.329. The molecule has 0 N–H and O–H groups in total. The molecule has 0 amide bonds. The van der Waals surface area contributed by atoms with Crippen molar-refractivity contribution in [3.05, 3.63) is 30.1 Å². The third-order valence-corrected chi connectivity index (χ3v) is 4.19. The van der Waals surface area contributed by atoms with Crippen LogP contribution in [0.15, 0.2) is 24.5 Å². The van der Waals surface area contributed by atoms with Crippen molar-refractivity contribution in [2.45, 2.75) is 6.54 Å². The Morgan fingerprint density at radius 2 is 1.91 bits per heavy atom. The summed E-state index contributed by atoms with van der Waals surface area (Å²) in [5.74, 6) is 2.65. The van der Waals surface area contributed by atoms with Gasteiger partial charge in [0.05, 0.1) is 0 Å². The van der Waals surface area contributed by atoms with Gasteiger partial charge in [-0.05, 0) is 17.7 Å². The summed E-state index contributed by atoms with van der Waals surface area (Å²) in [7, 11) is 1.98. The summed E-state index contributed by atoms with van der Waals surface area (Å²) in [6, 6.07) is 6.19. The molecule has 0 unspecified atom stereocenters. The fourth-order valence-corrected chi connectivity index (χ4v) is 2.97. The van der Waals surface area contributed by atoms with Crippen LogP contribution in [0, 0.1) is 0 Å². The number of hydrogen-bond acceptors (Lipinski definition) is 6. The molecule has 0 radical (unpaired) electrons. The van der Waals surface area contributed by atoms with Crippen molar-refractivity contribution < 1.29 is 9.47 Å². The van der Waals surface area contributed by atoms with E-state index in [0.717, 1.165) is 50.2 Å². The largest absolute Gasteiger partial charge is 0.454 e. The molecule has 0 bridgehead atoms. The van der Waals surface area contributed by atoms with Gasteiger partial charge in [-0.15, -0.1) is 10.2 Å². The highest BCUT2D eigenvalue weighted by atomic mass is 16.7. The lowest BCUT2D eigenvalue weighted by Crippen LogP contribution is -2.46. The summed E-state index contributed by atoms with van der Waals surface area (Å²) < 4.78 is 12.8. The number of aryl methyl sites for hydroxylation is 1. The Bertz CT molecular complexity index is 664. The molecule has 116 valence electrons. The predicted molar refractivity (Wildman–Crippen MR) is 81.1 cm³/mol. The molecule has 0 atom stereocenters. The van der Waals surface area contributed by atoms with Crippen molar-refractivity contribution >= 4 is 5.95 Å². The van der Waals surface area contributed by atoms with Gasteiger partial charge in [0.25, 0.3) is 0 Å². The average molecular weight is 301 g/mol. The van der Waals surface area contributed by atoms with E-state index in [0.29, 0.717) is 6.79 Å². The topological polar surface area (TPSA) is 55.7 Å². The Hall–Kier alpha value is -2.28.